The predicted octanol–water partition coefficient (Wildman–Crippen LogP) is -0.249. The van der Waals surface area contributed by atoms with Gasteiger partial charge in [-0.2, -0.15) is 15.0 Å². The Balaban J connectivity index is 2.85. The lowest BCUT2D eigenvalue weighted by atomic mass is 10.3. The molecule has 0 atom stereocenters. The average Bonchev–Trinajstić information content (AvgIpc) is 2.09. The number of aromatic nitrogens is 3. The fourth-order valence-electron chi connectivity index (χ4n) is 0.851. The van der Waals surface area contributed by atoms with Crippen LogP contribution in [0.4, 0.5) is 0 Å². The zero-order chi connectivity index (χ0) is 8.43. The van der Waals surface area contributed by atoms with E-state index in [2.05, 4.69) is 10.2 Å². The van der Waals surface area contributed by atoms with Crippen LogP contribution < -0.4 is 0 Å². The van der Waals surface area contributed by atoms with E-state index in [1.165, 1.54) is 4.80 Å². The molecule has 0 unspecified atom stereocenters. The van der Waals surface area contributed by atoms with Gasteiger partial charge < -0.3 is 5.11 Å². The summed E-state index contributed by atoms with van der Waals surface area (Å²) >= 11 is 0. The molecule has 0 spiro atoms. The number of carboxylic acid groups (broad SMARTS) is 1. The van der Waals surface area contributed by atoms with Crippen molar-refractivity contribution in [1.82, 2.24) is 15.0 Å². The highest BCUT2D eigenvalue weighted by molar-refractivity contribution is 5.69. The second kappa shape index (κ2) is 2.69. The zero-order valence-corrected chi connectivity index (χ0v) is 6.40. The van der Waals surface area contributed by atoms with Crippen LogP contribution in [0.15, 0.2) is 0 Å². The topological polar surface area (TPSA) is 68.0 Å². The first kappa shape index (κ1) is 7.71. The molecule has 60 valence electrons. The van der Waals surface area contributed by atoms with Gasteiger partial charge in [0.2, 0.25) is 0 Å². The lowest BCUT2D eigenvalue weighted by Gasteiger charge is -1.87. The first-order chi connectivity index (χ1) is 5.09. The summed E-state index contributed by atoms with van der Waals surface area (Å²) in [4.78, 5) is 11.6. The molecule has 1 N–H and O–H groups in total. The van der Waals surface area contributed by atoms with Crippen molar-refractivity contribution < 1.29 is 9.90 Å². The van der Waals surface area contributed by atoms with Gasteiger partial charge in [0.1, 0.15) is 0 Å². The van der Waals surface area contributed by atoms with Crippen molar-refractivity contribution in [2.24, 2.45) is 7.05 Å². The van der Waals surface area contributed by atoms with Crippen LogP contribution >= 0.6 is 0 Å². The Morgan fingerprint density at radius 1 is 1.64 bits per heavy atom. The molecular weight excluding hydrogens is 146 g/mol. The number of hydrogen-bond donors (Lipinski definition) is 1. The second-order valence-corrected chi connectivity index (χ2v) is 2.29. The number of hydrogen-bond acceptors (Lipinski definition) is 3. The number of nitrogens with zero attached hydrogens (tertiary/aromatic N) is 3. The Kier molecular flexibility index (Phi) is 1.89. The summed E-state index contributed by atoms with van der Waals surface area (Å²) in [6, 6.07) is 0. The van der Waals surface area contributed by atoms with Crippen molar-refractivity contribution in [1.29, 1.82) is 0 Å². The smallest absolute Gasteiger partial charge is 0.309 e. The van der Waals surface area contributed by atoms with Crippen LogP contribution in [0.2, 0.25) is 0 Å². The van der Waals surface area contributed by atoms with Gasteiger partial charge in [-0.05, 0) is 6.92 Å². The molecule has 5 heteroatoms. The molecule has 1 aromatic rings. The van der Waals surface area contributed by atoms with Crippen molar-refractivity contribution in [3.8, 4) is 0 Å². The number of carbonyl (C=O) groups is 1. The molecule has 0 aromatic carbocycles. The molecule has 0 aliphatic heterocycles. The minimum Gasteiger partial charge on any atom is -0.481 e. The molecule has 0 radical (unpaired) electrons. The fraction of sp³-hybridized carbons (Fsp3) is 0.500. The van der Waals surface area contributed by atoms with E-state index in [9.17, 15) is 4.79 Å². The first-order valence-electron chi connectivity index (χ1n) is 3.18. The van der Waals surface area contributed by atoms with E-state index in [1.807, 2.05) is 0 Å². The van der Waals surface area contributed by atoms with Gasteiger partial charge in [0.15, 0.2) is 0 Å². The van der Waals surface area contributed by atoms with E-state index in [-0.39, 0.29) is 6.42 Å². The summed E-state index contributed by atoms with van der Waals surface area (Å²) in [6.45, 7) is 1.74. The minimum atomic E-state index is -0.881. The number of rotatable bonds is 2. The van der Waals surface area contributed by atoms with Gasteiger partial charge in [-0.25, -0.2) is 0 Å². The van der Waals surface area contributed by atoms with Crippen LogP contribution in [0.5, 0.6) is 0 Å². The van der Waals surface area contributed by atoms with Crippen LogP contribution in [0.3, 0.4) is 0 Å². The largest absolute Gasteiger partial charge is 0.481 e. The Bertz CT molecular complexity index is 279. The summed E-state index contributed by atoms with van der Waals surface area (Å²) in [5.74, 6) is -0.881. The summed E-state index contributed by atoms with van der Waals surface area (Å²) in [5.41, 5.74) is 1.20. The molecule has 1 aromatic heterocycles. The third kappa shape index (κ3) is 1.76. The Morgan fingerprint density at radius 3 is 2.64 bits per heavy atom. The molecule has 0 saturated carbocycles. The summed E-state index contributed by atoms with van der Waals surface area (Å²) < 4.78 is 0. The molecule has 5 nitrogen and oxygen atoms in total. The van der Waals surface area contributed by atoms with Gasteiger partial charge in [-0.15, -0.1) is 0 Å². The Hall–Kier alpha value is -1.39. The minimum absolute atomic E-state index is 0.0559. The lowest BCUT2D eigenvalue weighted by molar-refractivity contribution is -0.136. The standard InChI is InChI=1S/C6H9N3O2/c1-4-5(3-6(10)11)8-9(2)7-4/h3H2,1-2H3,(H,10,11). The number of carboxylic acids is 1. The number of aliphatic carboxylic acids is 1. The SMILES string of the molecule is Cc1nn(C)nc1CC(=O)O. The van der Waals surface area contributed by atoms with Crippen molar-refractivity contribution in [2.45, 2.75) is 13.3 Å². The van der Waals surface area contributed by atoms with Crippen LogP contribution in [-0.4, -0.2) is 26.1 Å². The molecule has 0 bridgehead atoms. The third-order valence-electron chi connectivity index (χ3n) is 1.30. The maximum atomic E-state index is 10.3. The first-order valence-corrected chi connectivity index (χ1v) is 3.18. The van der Waals surface area contributed by atoms with Gasteiger partial charge in [0, 0.05) is 7.05 Å². The summed E-state index contributed by atoms with van der Waals surface area (Å²) in [5, 5.41) is 16.2. The molecule has 11 heavy (non-hydrogen) atoms. The van der Waals surface area contributed by atoms with Gasteiger partial charge in [0.25, 0.3) is 0 Å². The zero-order valence-electron chi connectivity index (χ0n) is 6.40. The van der Waals surface area contributed by atoms with E-state index < -0.39 is 5.97 Å². The van der Waals surface area contributed by atoms with Crippen LogP contribution in [0, 0.1) is 6.92 Å². The maximum Gasteiger partial charge on any atom is 0.309 e. The van der Waals surface area contributed by atoms with Crippen molar-refractivity contribution in [3.05, 3.63) is 11.4 Å². The molecule has 0 amide bonds. The third-order valence-corrected chi connectivity index (χ3v) is 1.30. The second-order valence-electron chi connectivity index (χ2n) is 2.29. The highest BCUT2D eigenvalue weighted by Crippen LogP contribution is 2.00. The molecule has 1 heterocycles. The van der Waals surface area contributed by atoms with Crippen molar-refractivity contribution in [2.75, 3.05) is 0 Å². The normalized spacial score (nSPS) is 10.0. The van der Waals surface area contributed by atoms with E-state index in [0.29, 0.717) is 11.4 Å². The van der Waals surface area contributed by atoms with Gasteiger partial charge in [-0.3, -0.25) is 4.79 Å². The quantitative estimate of drug-likeness (QED) is 0.639. The van der Waals surface area contributed by atoms with E-state index >= 15 is 0 Å². The van der Waals surface area contributed by atoms with Gasteiger partial charge in [-0.1, -0.05) is 0 Å². The van der Waals surface area contributed by atoms with Gasteiger partial charge >= 0.3 is 5.97 Å². The van der Waals surface area contributed by atoms with Crippen molar-refractivity contribution >= 4 is 5.97 Å². The summed E-state index contributed by atoms with van der Waals surface area (Å²) in [7, 11) is 1.67. The lowest BCUT2D eigenvalue weighted by Crippen LogP contribution is -2.02. The molecule has 0 fully saturated rings. The highest BCUT2D eigenvalue weighted by Gasteiger charge is 2.08. The number of aryl methyl sites for hydroxylation is 2. The van der Waals surface area contributed by atoms with E-state index in [1.54, 1.807) is 14.0 Å². The molecule has 1 rings (SSSR count). The summed E-state index contributed by atoms with van der Waals surface area (Å²) in [6.07, 6.45) is -0.0559. The van der Waals surface area contributed by atoms with Crippen LogP contribution in [0.1, 0.15) is 11.4 Å². The van der Waals surface area contributed by atoms with Crippen molar-refractivity contribution in [3.63, 3.8) is 0 Å². The molecule has 0 aliphatic carbocycles. The highest BCUT2D eigenvalue weighted by atomic mass is 16.4. The molecular formula is C6H9N3O2. The van der Waals surface area contributed by atoms with E-state index in [4.69, 9.17) is 5.11 Å². The molecule has 0 aliphatic rings. The predicted molar refractivity (Wildman–Crippen MR) is 37.1 cm³/mol. The van der Waals surface area contributed by atoms with Crippen LogP contribution in [-0.2, 0) is 18.3 Å². The monoisotopic (exact) mass is 155 g/mol. The van der Waals surface area contributed by atoms with E-state index in [0.717, 1.165) is 0 Å². The molecule has 0 saturated heterocycles. The average molecular weight is 155 g/mol. The Morgan fingerprint density at radius 2 is 2.27 bits per heavy atom. The fourth-order valence-corrected chi connectivity index (χ4v) is 0.851. The maximum absolute atomic E-state index is 10.3. The van der Waals surface area contributed by atoms with Gasteiger partial charge in [0.05, 0.1) is 17.8 Å². The Labute approximate surface area is 63.6 Å². The van der Waals surface area contributed by atoms with Crippen LogP contribution in [0.25, 0.3) is 0 Å².